The summed E-state index contributed by atoms with van der Waals surface area (Å²) in [7, 11) is 0. The molecule has 0 aliphatic rings. The summed E-state index contributed by atoms with van der Waals surface area (Å²) in [5, 5.41) is 9.84. The molecule has 1 heterocycles. The van der Waals surface area contributed by atoms with Crippen molar-refractivity contribution >= 4 is 17.7 Å². The van der Waals surface area contributed by atoms with E-state index in [1.165, 1.54) is 13.1 Å². The average molecular weight is 306 g/mol. The third-order valence-corrected chi connectivity index (χ3v) is 3.24. The highest BCUT2D eigenvalue weighted by Gasteiger charge is 2.11. The Hall–Kier alpha value is -3.21. The van der Waals surface area contributed by atoms with Gasteiger partial charge in [0.05, 0.1) is 11.9 Å². The minimum atomic E-state index is -0.296. The van der Waals surface area contributed by atoms with Gasteiger partial charge in [0.25, 0.3) is 0 Å². The number of aromatic hydroxyl groups is 1. The van der Waals surface area contributed by atoms with E-state index in [1.807, 2.05) is 30.3 Å². The summed E-state index contributed by atoms with van der Waals surface area (Å²) in [4.78, 5) is 19.8. The van der Waals surface area contributed by atoms with Crippen molar-refractivity contribution in [1.29, 1.82) is 0 Å². The number of oxazole rings is 1. The topological polar surface area (TPSA) is 75.7 Å². The molecule has 3 rings (SSSR count). The predicted octanol–water partition coefficient (Wildman–Crippen LogP) is 4.00. The molecule has 0 amide bonds. The third kappa shape index (κ3) is 3.35. The lowest BCUT2D eigenvalue weighted by atomic mass is 10.1. The van der Waals surface area contributed by atoms with Gasteiger partial charge in [-0.3, -0.25) is 9.79 Å². The average Bonchev–Trinajstić information content (AvgIpc) is 2.95. The largest absolute Gasteiger partial charge is 0.479 e. The number of ketones is 1. The van der Waals surface area contributed by atoms with Gasteiger partial charge in [-0.25, -0.2) is 4.98 Å². The van der Waals surface area contributed by atoms with E-state index in [-0.39, 0.29) is 17.4 Å². The fraction of sp³-hybridized carbons (Fsp3) is 0.0556. The first-order chi connectivity index (χ1) is 11.1. The second-order valence-corrected chi connectivity index (χ2v) is 4.94. The van der Waals surface area contributed by atoms with Gasteiger partial charge in [0.15, 0.2) is 11.5 Å². The Bertz CT molecular complexity index is 867. The number of benzene rings is 2. The number of carbonyl (C=O) groups is 1. The lowest BCUT2D eigenvalue weighted by molar-refractivity contribution is 0.101. The Morgan fingerprint density at radius 2 is 1.96 bits per heavy atom. The first-order valence-electron chi connectivity index (χ1n) is 7.04. The number of Topliss-reactive ketones (excluding diaryl/α,β-unsaturated/α-hetero) is 1. The van der Waals surface area contributed by atoms with Gasteiger partial charge in [-0.2, -0.15) is 0 Å². The van der Waals surface area contributed by atoms with Crippen LogP contribution >= 0.6 is 0 Å². The molecule has 23 heavy (non-hydrogen) atoms. The van der Waals surface area contributed by atoms with Crippen molar-refractivity contribution in [3.05, 3.63) is 65.9 Å². The number of aliphatic imine (C=N–C) groups is 1. The quantitative estimate of drug-likeness (QED) is 0.584. The fourth-order valence-corrected chi connectivity index (χ4v) is 2.05. The zero-order chi connectivity index (χ0) is 16.2. The summed E-state index contributed by atoms with van der Waals surface area (Å²) < 4.78 is 5.25. The molecule has 0 radical (unpaired) electrons. The molecule has 0 aliphatic carbocycles. The summed E-state index contributed by atoms with van der Waals surface area (Å²) in [5.74, 6) is -0.00457. The maximum Gasteiger partial charge on any atom is 0.312 e. The standard InChI is InChI=1S/C18H14N2O3/c1-12(21)14-8-5-9-15(10-14)19-11-16-18(22)23-17(20-16)13-6-3-2-4-7-13/h2-11,22H,1H3. The zero-order valence-corrected chi connectivity index (χ0v) is 12.4. The molecule has 0 atom stereocenters. The molecule has 114 valence electrons. The number of nitrogens with zero attached hydrogens (tertiary/aromatic N) is 2. The van der Waals surface area contributed by atoms with Gasteiger partial charge in [0.2, 0.25) is 5.89 Å². The van der Waals surface area contributed by atoms with Crippen LogP contribution in [0.1, 0.15) is 23.0 Å². The van der Waals surface area contributed by atoms with Gasteiger partial charge in [0.1, 0.15) is 0 Å². The molecular formula is C18H14N2O3. The first-order valence-corrected chi connectivity index (χ1v) is 7.04. The van der Waals surface area contributed by atoms with Gasteiger partial charge < -0.3 is 9.52 Å². The van der Waals surface area contributed by atoms with Crippen LogP contribution in [0.5, 0.6) is 5.95 Å². The number of hydrogen-bond donors (Lipinski definition) is 1. The smallest absolute Gasteiger partial charge is 0.312 e. The maximum atomic E-state index is 11.4. The second-order valence-electron chi connectivity index (χ2n) is 4.94. The Labute approximate surface area is 133 Å². The lowest BCUT2D eigenvalue weighted by Crippen LogP contribution is -1.90. The number of carbonyl (C=O) groups excluding carboxylic acids is 1. The summed E-state index contributed by atoms with van der Waals surface area (Å²) in [6.45, 7) is 1.50. The molecule has 0 aliphatic heterocycles. The molecule has 0 saturated carbocycles. The minimum absolute atomic E-state index is 0.0299. The lowest BCUT2D eigenvalue weighted by Gasteiger charge is -1.96. The number of rotatable bonds is 4. The molecule has 2 aromatic carbocycles. The minimum Gasteiger partial charge on any atom is -0.479 e. The fourth-order valence-electron chi connectivity index (χ4n) is 2.05. The molecular weight excluding hydrogens is 292 g/mol. The normalized spacial score (nSPS) is 11.0. The summed E-state index contributed by atoms with van der Waals surface area (Å²) >= 11 is 0. The summed E-state index contributed by atoms with van der Waals surface area (Å²) in [6.07, 6.45) is 1.41. The van der Waals surface area contributed by atoms with Gasteiger partial charge in [-0.05, 0) is 31.2 Å². The highest BCUT2D eigenvalue weighted by atomic mass is 16.5. The van der Waals surface area contributed by atoms with Gasteiger partial charge >= 0.3 is 5.95 Å². The van der Waals surface area contributed by atoms with Crippen molar-refractivity contribution in [2.24, 2.45) is 4.99 Å². The Morgan fingerprint density at radius 1 is 1.17 bits per heavy atom. The molecule has 0 bridgehead atoms. The van der Waals surface area contributed by atoms with E-state index in [9.17, 15) is 9.90 Å². The predicted molar refractivity (Wildman–Crippen MR) is 87.3 cm³/mol. The first kappa shape index (κ1) is 14.7. The molecule has 0 saturated heterocycles. The van der Waals surface area contributed by atoms with E-state index in [2.05, 4.69) is 9.98 Å². The van der Waals surface area contributed by atoms with E-state index in [4.69, 9.17) is 4.42 Å². The van der Waals surface area contributed by atoms with E-state index in [1.54, 1.807) is 24.3 Å². The Balaban J connectivity index is 1.87. The van der Waals surface area contributed by atoms with E-state index >= 15 is 0 Å². The van der Waals surface area contributed by atoms with Crippen LogP contribution in [0, 0.1) is 0 Å². The highest BCUT2D eigenvalue weighted by Crippen LogP contribution is 2.25. The van der Waals surface area contributed by atoms with Crippen molar-refractivity contribution in [1.82, 2.24) is 4.98 Å². The van der Waals surface area contributed by atoms with E-state index in [0.717, 1.165) is 5.56 Å². The maximum absolute atomic E-state index is 11.4. The van der Waals surface area contributed by atoms with E-state index < -0.39 is 0 Å². The van der Waals surface area contributed by atoms with Gasteiger partial charge in [-0.1, -0.05) is 30.3 Å². The monoisotopic (exact) mass is 306 g/mol. The number of aromatic nitrogens is 1. The van der Waals surface area contributed by atoms with Crippen molar-refractivity contribution in [2.75, 3.05) is 0 Å². The molecule has 1 N–H and O–H groups in total. The zero-order valence-electron chi connectivity index (χ0n) is 12.4. The van der Waals surface area contributed by atoms with Crippen molar-refractivity contribution in [3.63, 3.8) is 0 Å². The van der Waals surface area contributed by atoms with Crippen LogP contribution in [0.2, 0.25) is 0 Å². The van der Waals surface area contributed by atoms with E-state index in [0.29, 0.717) is 17.1 Å². The molecule has 3 aromatic rings. The molecule has 5 nitrogen and oxygen atoms in total. The second kappa shape index (κ2) is 6.27. The van der Waals surface area contributed by atoms with Crippen LogP contribution in [0.25, 0.3) is 11.5 Å². The summed E-state index contributed by atoms with van der Waals surface area (Å²) in [5.41, 5.74) is 2.17. The highest BCUT2D eigenvalue weighted by molar-refractivity contribution is 5.95. The van der Waals surface area contributed by atoms with Crippen LogP contribution < -0.4 is 0 Å². The van der Waals surface area contributed by atoms with Gasteiger partial charge in [0, 0.05) is 11.1 Å². The van der Waals surface area contributed by atoms with Crippen molar-refractivity contribution < 1.29 is 14.3 Å². The molecule has 5 heteroatoms. The molecule has 1 aromatic heterocycles. The van der Waals surface area contributed by atoms with Crippen LogP contribution in [0.4, 0.5) is 5.69 Å². The Kier molecular flexibility index (Phi) is 4.01. The third-order valence-electron chi connectivity index (χ3n) is 3.24. The number of hydrogen-bond acceptors (Lipinski definition) is 5. The van der Waals surface area contributed by atoms with Crippen LogP contribution in [-0.2, 0) is 0 Å². The van der Waals surface area contributed by atoms with Gasteiger partial charge in [-0.15, -0.1) is 0 Å². The van der Waals surface area contributed by atoms with Crippen molar-refractivity contribution in [2.45, 2.75) is 6.92 Å². The SMILES string of the molecule is CC(=O)c1cccc(N=Cc2nc(-c3ccccc3)oc2O)c1. The van der Waals surface area contributed by atoms with Crippen molar-refractivity contribution in [3.8, 4) is 17.4 Å². The molecule has 0 fully saturated rings. The van der Waals surface area contributed by atoms with Crippen LogP contribution in [0.15, 0.2) is 64.0 Å². The van der Waals surface area contributed by atoms with Crippen LogP contribution in [0.3, 0.4) is 0 Å². The molecule has 0 spiro atoms. The molecule has 0 unspecified atom stereocenters. The Morgan fingerprint density at radius 3 is 2.70 bits per heavy atom. The van der Waals surface area contributed by atoms with Crippen LogP contribution in [-0.4, -0.2) is 22.1 Å². The summed E-state index contributed by atoms with van der Waals surface area (Å²) in [6, 6.07) is 16.2.